The number of benzene rings is 1. The smallest absolute Gasteiger partial charge is 0.444 e. The van der Waals surface area contributed by atoms with Crippen molar-refractivity contribution in [2.75, 3.05) is 0 Å². The Morgan fingerprint density at radius 2 is 1.78 bits per heavy atom. The molecule has 18 heavy (non-hydrogen) atoms. The van der Waals surface area contributed by atoms with Crippen molar-refractivity contribution in [1.82, 2.24) is 15.0 Å². The van der Waals surface area contributed by atoms with Crippen molar-refractivity contribution in [1.29, 1.82) is 0 Å². The normalized spacial score (nSPS) is 11.1. The molecule has 1 heterocycles. The maximum Gasteiger partial charge on any atom is 1.00 e. The monoisotopic (exact) mass is 343 g/mol. The Labute approximate surface area is 153 Å². The van der Waals surface area contributed by atoms with Crippen LogP contribution in [0, 0.1) is 0 Å². The summed E-state index contributed by atoms with van der Waals surface area (Å²) in [5.41, 5.74) is -0.0542. The van der Waals surface area contributed by atoms with Crippen molar-refractivity contribution in [3.05, 3.63) is 40.5 Å². The van der Waals surface area contributed by atoms with E-state index in [1.54, 1.807) is 0 Å². The van der Waals surface area contributed by atoms with Crippen molar-refractivity contribution in [3.63, 3.8) is 0 Å². The third kappa shape index (κ3) is 4.46. The van der Waals surface area contributed by atoms with E-state index in [1.165, 1.54) is 4.68 Å². The summed E-state index contributed by atoms with van der Waals surface area (Å²) in [6.45, 7) is -4.80. The molecule has 90 valence electrons. The Hall–Kier alpha value is 0.331. The zero-order valence-electron chi connectivity index (χ0n) is 9.52. The van der Waals surface area contributed by atoms with Gasteiger partial charge in [-0.2, -0.15) is 5.10 Å². The Kier molecular flexibility index (Phi) is 6.07. The van der Waals surface area contributed by atoms with Gasteiger partial charge in [0.25, 0.3) is 0 Å². The van der Waals surface area contributed by atoms with Gasteiger partial charge in [-0.15, -0.1) is 0 Å². The summed E-state index contributed by atoms with van der Waals surface area (Å²) in [7, 11) is 0. The van der Waals surface area contributed by atoms with E-state index in [9.17, 15) is 12.9 Å². The van der Waals surface area contributed by atoms with Crippen LogP contribution in [0.25, 0.3) is 0 Å². The Balaban J connectivity index is 0.00000162. The maximum atomic E-state index is 12.3. The van der Waals surface area contributed by atoms with E-state index in [0.717, 1.165) is 16.2 Å². The van der Waals surface area contributed by atoms with Crippen LogP contribution in [0.4, 0.5) is 12.9 Å². The molecule has 0 radical (unpaired) electrons. The van der Waals surface area contributed by atoms with Crippen molar-refractivity contribution in [2.24, 2.45) is 0 Å². The second-order valence-corrected chi connectivity index (χ2v) is 4.46. The van der Waals surface area contributed by atoms with Gasteiger partial charge in [0.2, 0.25) is 0 Å². The van der Waals surface area contributed by atoms with Crippen LogP contribution in [0.1, 0.15) is 5.56 Å². The summed E-state index contributed by atoms with van der Waals surface area (Å²) >= 11 is 3.28. The van der Waals surface area contributed by atoms with Gasteiger partial charge in [0, 0.05) is 16.3 Å². The van der Waals surface area contributed by atoms with Crippen LogP contribution in [0.2, 0.25) is 0 Å². The fourth-order valence-electron chi connectivity index (χ4n) is 1.32. The van der Waals surface area contributed by atoms with Gasteiger partial charge in [0.05, 0.1) is 6.54 Å². The average Bonchev–Trinajstić information content (AvgIpc) is 2.69. The predicted molar refractivity (Wildman–Crippen MR) is 62.0 cm³/mol. The molecule has 0 saturated heterocycles. The fraction of sp³-hybridized carbons (Fsp3) is 0.111. The summed E-state index contributed by atoms with van der Waals surface area (Å²) in [4.78, 5) is 0. The summed E-state index contributed by atoms with van der Waals surface area (Å²) in [5.74, 6) is 0. The van der Waals surface area contributed by atoms with Gasteiger partial charge < -0.3 is 12.9 Å². The molecule has 0 fully saturated rings. The third-order valence-electron chi connectivity index (χ3n) is 2.15. The van der Waals surface area contributed by atoms with Gasteiger partial charge >= 0.3 is 58.4 Å². The zero-order valence-corrected chi connectivity index (χ0v) is 14.2. The quantitative estimate of drug-likeness (QED) is 0.680. The van der Waals surface area contributed by atoms with Crippen molar-refractivity contribution >= 4 is 28.5 Å². The first kappa shape index (κ1) is 16.4. The van der Waals surface area contributed by atoms with Crippen LogP contribution in [-0.2, 0) is 6.54 Å². The van der Waals surface area contributed by atoms with E-state index >= 15 is 0 Å². The standard InChI is InChI=1S/C9H7BBrF3N3.K/c11-8-3-1-7(2-4-8)5-17-6-9(15-16-17)10(12,13)14;/h1-4,6H,5H2;/q-1;+1. The van der Waals surface area contributed by atoms with Crippen molar-refractivity contribution in [3.8, 4) is 0 Å². The fourth-order valence-corrected chi connectivity index (χ4v) is 1.58. The SMILES string of the molecule is F[B-](F)(F)c1cn(Cc2ccc(Br)cc2)nn1.[K+]. The molecule has 0 unspecified atom stereocenters. The first-order valence-electron chi connectivity index (χ1n) is 4.79. The van der Waals surface area contributed by atoms with E-state index < -0.39 is 12.6 Å². The number of halogens is 4. The molecule has 1 aromatic heterocycles. The van der Waals surface area contributed by atoms with E-state index in [4.69, 9.17) is 0 Å². The minimum absolute atomic E-state index is 0. The number of nitrogens with zero attached hydrogens (tertiary/aromatic N) is 3. The largest absolute Gasteiger partial charge is 1.00 e. The molecule has 1 aromatic carbocycles. The van der Waals surface area contributed by atoms with E-state index in [2.05, 4.69) is 26.2 Å². The molecule has 2 aromatic rings. The van der Waals surface area contributed by atoms with Crippen LogP contribution in [-0.4, -0.2) is 22.0 Å². The minimum Gasteiger partial charge on any atom is -0.444 e. The van der Waals surface area contributed by atoms with Crippen molar-refractivity contribution < 1.29 is 64.3 Å². The molecule has 0 bridgehead atoms. The predicted octanol–water partition coefficient (Wildman–Crippen LogP) is -0.853. The van der Waals surface area contributed by atoms with Crippen LogP contribution < -0.4 is 57.0 Å². The second kappa shape index (κ2) is 6.67. The van der Waals surface area contributed by atoms with E-state index in [1.807, 2.05) is 24.3 Å². The van der Waals surface area contributed by atoms with Crippen LogP contribution >= 0.6 is 15.9 Å². The van der Waals surface area contributed by atoms with Gasteiger partial charge in [0.1, 0.15) is 0 Å². The molecule has 2 rings (SSSR count). The van der Waals surface area contributed by atoms with Gasteiger partial charge in [-0.05, 0) is 17.7 Å². The Morgan fingerprint density at radius 3 is 2.28 bits per heavy atom. The summed E-state index contributed by atoms with van der Waals surface area (Å²) in [6.07, 6.45) is 0.919. The summed E-state index contributed by atoms with van der Waals surface area (Å²) < 4.78 is 39.1. The summed E-state index contributed by atoms with van der Waals surface area (Å²) in [5, 5.41) is 6.56. The molecule has 0 spiro atoms. The van der Waals surface area contributed by atoms with E-state index in [0.29, 0.717) is 0 Å². The molecule has 0 aliphatic heterocycles. The molecule has 9 heteroatoms. The van der Waals surface area contributed by atoms with Gasteiger partial charge in [-0.3, -0.25) is 4.68 Å². The number of rotatable bonds is 3. The first-order chi connectivity index (χ1) is 7.95. The minimum atomic E-state index is -5.07. The molecular formula is C9H7BBrF3KN3. The van der Waals surface area contributed by atoms with Crippen LogP contribution in [0.3, 0.4) is 0 Å². The molecule has 0 N–H and O–H groups in total. The first-order valence-corrected chi connectivity index (χ1v) is 5.59. The van der Waals surface area contributed by atoms with Gasteiger partial charge in [-0.1, -0.05) is 33.3 Å². The van der Waals surface area contributed by atoms with Crippen LogP contribution in [0.15, 0.2) is 34.9 Å². The number of aromatic nitrogens is 3. The molecule has 0 amide bonds. The molecule has 0 aliphatic rings. The Bertz CT molecular complexity index is 515. The van der Waals surface area contributed by atoms with Gasteiger partial charge in [0.15, 0.2) is 0 Å². The molecule has 0 atom stereocenters. The van der Waals surface area contributed by atoms with Gasteiger partial charge in [-0.25, -0.2) is 0 Å². The number of hydrogen-bond acceptors (Lipinski definition) is 2. The topological polar surface area (TPSA) is 30.7 Å². The maximum absolute atomic E-state index is 12.3. The Morgan fingerprint density at radius 1 is 1.17 bits per heavy atom. The van der Waals surface area contributed by atoms with Crippen molar-refractivity contribution in [2.45, 2.75) is 6.54 Å². The average molecular weight is 344 g/mol. The molecular weight excluding hydrogens is 337 g/mol. The molecule has 0 saturated carbocycles. The third-order valence-corrected chi connectivity index (χ3v) is 2.68. The number of hydrogen-bond donors (Lipinski definition) is 0. The van der Waals surface area contributed by atoms with Crippen LogP contribution in [0.5, 0.6) is 0 Å². The molecule has 3 nitrogen and oxygen atoms in total. The second-order valence-electron chi connectivity index (χ2n) is 3.54. The molecule has 0 aliphatic carbocycles. The zero-order chi connectivity index (χ0) is 12.5. The van der Waals surface area contributed by atoms with E-state index in [-0.39, 0.29) is 57.9 Å². The summed E-state index contributed by atoms with van der Waals surface area (Å²) in [6, 6.07) is 7.26.